The average molecular weight is 433 g/mol. The molecule has 0 spiro atoms. The Balaban J connectivity index is 1.84. The van der Waals surface area contributed by atoms with E-state index in [-0.39, 0.29) is 0 Å². The van der Waals surface area contributed by atoms with Gasteiger partial charge in [-0.15, -0.1) is 11.8 Å². The summed E-state index contributed by atoms with van der Waals surface area (Å²) in [5.74, 6) is 1.63. The molecule has 138 valence electrons. The van der Waals surface area contributed by atoms with Crippen LogP contribution in [0.4, 0.5) is 5.82 Å². The largest absolute Gasteiger partial charge is 0.497 e. The fourth-order valence-electron chi connectivity index (χ4n) is 2.90. The minimum atomic E-state index is -2.36. The van der Waals surface area contributed by atoms with Gasteiger partial charge < -0.3 is 14.9 Å². The lowest BCUT2D eigenvalue weighted by Crippen LogP contribution is -2.34. The van der Waals surface area contributed by atoms with E-state index in [4.69, 9.17) is 33.9 Å². The van der Waals surface area contributed by atoms with E-state index in [1.807, 2.05) is 65.5 Å². The Morgan fingerprint density at radius 3 is 2.41 bits per heavy atom. The van der Waals surface area contributed by atoms with Gasteiger partial charge in [0, 0.05) is 5.30 Å². The minimum absolute atomic E-state index is 0.634. The van der Waals surface area contributed by atoms with Gasteiger partial charge in [-0.2, -0.15) is 5.10 Å². The molecule has 2 N–H and O–H groups in total. The number of ether oxygens (including phenoxy) is 1. The maximum absolute atomic E-state index is 6.02. The minimum Gasteiger partial charge on any atom is -0.497 e. The summed E-state index contributed by atoms with van der Waals surface area (Å²) in [6, 6.07) is 17.8. The van der Waals surface area contributed by atoms with Crippen LogP contribution >= 0.6 is 30.3 Å². The van der Waals surface area contributed by atoms with Gasteiger partial charge in [-0.3, -0.25) is 0 Å². The molecule has 0 radical (unpaired) electrons. The molecule has 0 bridgehead atoms. The Morgan fingerprint density at radius 2 is 1.78 bits per heavy atom. The van der Waals surface area contributed by atoms with Crippen molar-refractivity contribution in [3.63, 3.8) is 0 Å². The number of para-hydroxylation sites is 1. The molecule has 1 unspecified atom stereocenters. The highest BCUT2D eigenvalue weighted by Gasteiger charge is 2.34. The molecule has 1 aliphatic rings. The standard InChI is InChI=1S/C18H17N4OPS3/c1-23-13-8-10-14(11-9-13)24(26)20-16-15(17(25)21-24)18(27-2)19-22(16)12-6-4-3-5-7-12/h3-11H,1-2H3,(H2,20,21,25,26). The summed E-state index contributed by atoms with van der Waals surface area (Å²) in [7, 11) is 1.65. The number of hydrogen-bond donors (Lipinski definition) is 2. The van der Waals surface area contributed by atoms with E-state index in [1.54, 1.807) is 18.9 Å². The number of aromatic nitrogens is 2. The van der Waals surface area contributed by atoms with E-state index >= 15 is 0 Å². The molecule has 9 heteroatoms. The van der Waals surface area contributed by atoms with E-state index in [0.717, 1.165) is 33.1 Å². The first-order valence-corrected chi connectivity index (χ1v) is 12.6. The molecule has 4 rings (SSSR count). The van der Waals surface area contributed by atoms with Gasteiger partial charge in [-0.1, -0.05) is 30.4 Å². The summed E-state index contributed by atoms with van der Waals surface area (Å²) in [6.07, 6.45) is -0.368. The molecule has 2 aromatic carbocycles. The Morgan fingerprint density at radius 1 is 1.07 bits per heavy atom. The van der Waals surface area contributed by atoms with Crippen molar-refractivity contribution in [3.8, 4) is 11.4 Å². The molecule has 0 fully saturated rings. The first-order chi connectivity index (χ1) is 13.1. The molecule has 1 aliphatic heterocycles. The molecule has 0 saturated carbocycles. The zero-order valence-corrected chi connectivity index (χ0v) is 18.0. The molecule has 1 aromatic heterocycles. The highest BCUT2D eigenvalue weighted by atomic mass is 32.4. The fourth-order valence-corrected chi connectivity index (χ4v) is 6.99. The van der Waals surface area contributed by atoms with Crippen LogP contribution in [-0.2, 0) is 11.8 Å². The third kappa shape index (κ3) is 3.27. The van der Waals surface area contributed by atoms with Crippen LogP contribution in [0.2, 0.25) is 0 Å². The van der Waals surface area contributed by atoms with Gasteiger partial charge >= 0.3 is 0 Å². The van der Waals surface area contributed by atoms with Crippen molar-refractivity contribution >= 4 is 58.2 Å². The number of fused-ring (bicyclic) bond motifs is 1. The number of thiocarbonyl (C=S) groups is 1. The highest BCUT2D eigenvalue weighted by molar-refractivity contribution is 8.18. The summed E-state index contributed by atoms with van der Waals surface area (Å²) in [5.41, 5.74) is 1.86. The Kier molecular flexibility index (Phi) is 4.99. The lowest BCUT2D eigenvalue weighted by atomic mass is 10.3. The molecule has 5 nitrogen and oxygen atoms in total. The van der Waals surface area contributed by atoms with Crippen molar-refractivity contribution in [2.75, 3.05) is 18.5 Å². The Hall–Kier alpha value is -1.86. The molecule has 3 aromatic rings. The third-order valence-electron chi connectivity index (χ3n) is 4.23. The number of rotatable bonds is 4. The summed E-state index contributed by atoms with van der Waals surface area (Å²) < 4.78 is 7.14. The van der Waals surface area contributed by atoms with Crippen LogP contribution in [0.15, 0.2) is 59.6 Å². The highest BCUT2D eigenvalue weighted by Crippen LogP contribution is 2.48. The zero-order valence-electron chi connectivity index (χ0n) is 14.7. The third-order valence-corrected chi connectivity index (χ3v) is 8.63. The summed E-state index contributed by atoms with van der Waals surface area (Å²) in [4.78, 5) is 0.634. The Labute approximate surface area is 172 Å². The van der Waals surface area contributed by atoms with E-state index in [1.165, 1.54) is 0 Å². The summed E-state index contributed by atoms with van der Waals surface area (Å²) in [5, 5.41) is 13.5. The predicted molar refractivity (Wildman–Crippen MR) is 121 cm³/mol. The van der Waals surface area contributed by atoms with Crippen LogP contribution in [0.25, 0.3) is 5.69 Å². The van der Waals surface area contributed by atoms with Crippen molar-refractivity contribution < 1.29 is 4.74 Å². The molecule has 0 saturated heterocycles. The van der Waals surface area contributed by atoms with Crippen molar-refractivity contribution in [2.45, 2.75) is 5.03 Å². The van der Waals surface area contributed by atoms with Gasteiger partial charge in [0.1, 0.15) is 27.9 Å². The van der Waals surface area contributed by atoms with Gasteiger partial charge in [0.15, 0.2) is 0 Å². The number of methoxy groups -OCH3 is 1. The second-order valence-electron chi connectivity index (χ2n) is 5.84. The average Bonchev–Trinajstić information content (AvgIpc) is 3.07. The normalized spacial score (nSPS) is 18.4. The maximum Gasteiger partial charge on any atom is 0.150 e. The van der Waals surface area contributed by atoms with Gasteiger partial charge in [0.25, 0.3) is 0 Å². The van der Waals surface area contributed by atoms with Crippen LogP contribution in [0.3, 0.4) is 0 Å². The maximum atomic E-state index is 6.02. The van der Waals surface area contributed by atoms with Crippen molar-refractivity contribution in [2.24, 2.45) is 0 Å². The van der Waals surface area contributed by atoms with Crippen LogP contribution in [0, 0.1) is 0 Å². The number of nitrogens with one attached hydrogen (secondary N) is 2. The molecule has 27 heavy (non-hydrogen) atoms. The quantitative estimate of drug-likeness (QED) is 0.368. The van der Waals surface area contributed by atoms with Crippen LogP contribution < -0.4 is 20.2 Å². The van der Waals surface area contributed by atoms with E-state index in [2.05, 4.69) is 10.2 Å². The monoisotopic (exact) mass is 432 g/mol. The fraction of sp³-hybridized carbons (Fsp3) is 0.111. The van der Waals surface area contributed by atoms with Crippen LogP contribution in [0.1, 0.15) is 5.56 Å². The first kappa shape index (κ1) is 18.5. The van der Waals surface area contributed by atoms with Gasteiger partial charge in [0.2, 0.25) is 0 Å². The van der Waals surface area contributed by atoms with Gasteiger partial charge in [0.05, 0.1) is 18.4 Å². The molecule has 1 atom stereocenters. The second kappa shape index (κ2) is 7.28. The molecular weight excluding hydrogens is 415 g/mol. The lowest BCUT2D eigenvalue weighted by Gasteiger charge is -2.32. The van der Waals surface area contributed by atoms with Crippen LogP contribution in [-0.4, -0.2) is 28.1 Å². The molecule has 2 heterocycles. The molecule has 0 amide bonds. The number of thioether (sulfide) groups is 1. The van der Waals surface area contributed by atoms with Crippen LogP contribution in [0.5, 0.6) is 5.75 Å². The summed E-state index contributed by atoms with van der Waals surface area (Å²) in [6.45, 7) is 0. The van der Waals surface area contributed by atoms with Gasteiger partial charge in [-0.25, -0.2) is 4.68 Å². The van der Waals surface area contributed by atoms with Crippen molar-refractivity contribution in [1.82, 2.24) is 14.9 Å². The molecular formula is C18H17N4OPS3. The number of hydrogen-bond acceptors (Lipinski definition) is 5. The van der Waals surface area contributed by atoms with Gasteiger partial charge in [-0.05, 0) is 54.5 Å². The molecule has 0 aliphatic carbocycles. The SMILES string of the molecule is COc1ccc(P2(=S)NC(=S)c3c(SC)nn(-c4ccccc4)c3N2)cc1. The van der Waals surface area contributed by atoms with Crippen molar-refractivity contribution in [3.05, 3.63) is 60.2 Å². The van der Waals surface area contributed by atoms with Crippen molar-refractivity contribution in [1.29, 1.82) is 0 Å². The Bertz CT molecular complexity index is 1050. The van der Waals surface area contributed by atoms with E-state index in [0.29, 0.717) is 4.99 Å². The topological polar surface area (TPSA) is 51.1 Å². The zero-order chi connectivity index (χ0) is 19.0. The summed E-state index contributed by atoms with van der Waals surface area (Å²) >= 11 is 13.3. The number of anilines is 1. The van der Waals surface area contributed by atoms with E-state index < -0.39 is 6.34 Å². The first-order valence-electron chi connectivity index (χ1n) is 8.14. The second-order valence-corrected chi connectivity index (χ2v) is 10.9. The number of benzene rings is 2. The smallest absolute Gasteiger partial charge is 0.150 e. The predicted octanol–water partition coefficient (Wildman–Crippen LogP) is 3.93. The number of nitrogens with zero attached hydrogens (tertiary/aromatic N) is 2. The lowest BCUT2D eigenvalue weighted by molar-refractivity contribution is 0.415. The van der Waals surface area contributed by atoms with E-state index in [9.17, 15) is 0 Å².